The summed E-state index contributed by atoms with van der Waals surface area (Å²) < 4.78 is 31.6. The van der Waals surface area contributed by atoms with Gasteiger partial charge in [-0.05, 0) is 67.1 Å². The normalized spacial score (nSPS) is 19.0. The molecule has 4 amide bonds. The van der Waals surface area contributed by atoms with Crippen molar-refractivity contribution in [2.24, 2.45) is 11.3 Å². The van der Waals surface area contributed by atoms with Crippen LogP contribution in [0, 0.1) is 11.3 Å². The molecule has 5 N–H and O–H groups in total. The van der Waals surface area contributed by atoms with E-state index in [0.29, 0.717) is 30.5 Å². The van der Waals surface area contributed by atoms with Crippen LogP contribution in [-0.2, 0) is 39.8 Å². The molecule has 1 saturated carbocycles. The molecule has 14 heteroatoms. The van der Waals surface area contributed by atoms with Crippen molar-refractivity contribution in [3.8, 4) is 0 Å². The molecule has 1 aliphatic heterocycles. The third kappa shape index (κ3) is 11.2. The first-order valence-corrected chi connectivity index (χ1v) is 16.9. The van der Waals surface area contributed by atoms with E-state index in [1.165, 1.54) is 12.1 Å². The second-order valence-corrected chi connectivity index (χ2v) is 14.8. The third-order valence-corrected chi connectivity index (χ3v) is 8.72. The second kappa shape index (κ2) is 14.8. The van der Waals surface area contributed by atoms with Crippen molar-refractivity contribution in [1.29, 1.82) is 0 Å². The number of carbonyl (C=O) groups excluding carboxylic acids is 5. The van der Waals surface area contributed by atoms with Crippen LogP contribution < -0.4 is 21.3 Å². The van der Waals surface area contributed by atoms with Gasteiger partial charge in [0.15, 0.2) is 0 Å². The van der Waals surface area contributed by atoms with E-state index in [1.54, 1.807) is 6.07 Å². The fourth-order valence-electron chi connectivity index (χ4n) is 5.28. The highest BCUT2D eigenvalue weighted by molar-refractivity contribution is 7.85. The molecule has 0 aromatic heterocycles. The fourth-order valence-corrected chi connectivity index (χ4v) is 6.23. The Balaban J connectivity index is 1.75. The van der Waals surface area contributed by atoms with Gasteiger partial charge in [-0.2, -0.15) is 8.42 Å². The number of rotatable bonds is 15. The van der Waals surface area contributed by atoms with Crippen molar-refractivity contribution < 1.29 is 36.9 Å². The molecule has 1 aromatic rings. The average molecular weight is 655 g/mol. The van der Waals surface area contributed by atoms with Gasteiger partial charge < -0.3 is 21.3 Å². The van der Waals surface area contributed by atoms with Gasteiger partial charge in [0.25, 0.3) is 16.0 Å². The van der Waals surface area contributed by atoms with Crippen molar-refractivity contribution in [2.75, 3.05) is 6.54 Å². The molecule has 3 rings (SSSR count). The van der Waals surface area contributed by atoms with E-state index < -0.39 is 62.8 Å². The zero-order chi connectivity index (χ0) is 32.8. The first kappa shape index (κ1) is 35.4. The van der Waals surface area contributed by atoms with Crippen LogP contribution in [0.2, 0.25) is 5.02 Å². The van der Waals surface area contributed by atoms with Gasteiger partial charge in [-0.3, -0.25) is 28.5 Å². The summed E-state index contributed by atoms with van der Waals surface area (Å²) in [6.45, 7) is 8.01. The van der Waals surface area contributed by atoms with Crippen LogP contribution in [0.5, 0.6) is 0 Å². The lowest BCUT2D eigenvalue weighted by Crippen LogP contribution is -2.55. The summed E-state index contributed by atoms with van der Waals surface area (Å²) in [7, 11) is -4.24. The van der Waals surface area contributed by atoms with Gasteiger partial charge in [0, 0.05) is 29.9 Å². The molecule has 4 atom stereocenters. The second-order valence-electron chi connectivity index (χ2n) is 13.0. The minimum absolute atomic E-state index is 0.0316. The zero-order valence-electron chi connectivity index (χ0n) is 25.6. The lowest BCUT2D eigenvalue weighted by Gasteiger charge is -2.29. The van der Waals surface area contributed by atoms with Crippen LogP contribution in [0.15, 0.2) is 18.2 Å². The minimum atomic E-state index is -4.24. The van der Waals surface area contributed by atoms with Gasteiger partial charge in [-0.25, -0.2) is 0 Å². The number of halogens is 1. The molecule has 2 fully saturated rings. The quantitative estimate of drug-likeness (QED) is 0.141. The lowest BCUT2D eigenvalue weighted by molar-refractivity contribution is -0.141. The minimum Gasteiger partial charge on any atom is -0.356 e. The highest BCUT2D eigenvalue weighted by Gasteiger charge is 2.37. The predicted octanol–water partition coefficient (Wildman–Crippen LogP) is 2.39. The molecule has 0 spiro atoms. The van der Waals surface area contributed by atoms with Crippen molar-refractivity contribution >= 4 is 51.1 Å². The monoisotopic (exact) mass is 654 g/mol. The van der Waals surface area contributed by atoms with E-state index in [0.717, 1.165) is 12.8 Å². The Morgan fingerprint density at radius 2 is 1.77 bits per heavy atom. The maximum Gasteiger partial charge on any atom is 0.289 e. The molecule has 1 heterocycles. The van der Waals surface area contributed by atoms with E-state index in [4.69, 9.17) is 16.2 Å². The van der Waals surface area contributed by atoms with Crippen LogP contribution in [0.3, 0.4) is 0 Å². The summed E-state index contributed by atoms with van der Waals surface area (Å²) in [6.07, 6.45) is 2.70. The Labute approximate surface area is 263 Å². The molecule has 1 aromatic carbocycles. The molecule has 1 aliphatic carbocycles. The van der Waals surface area contributed by atoms with E-state index in [9.17, 15) is 32.4 Å². The van der Waals surface area contributed by atoms with E-state index >= 15 is 0 Å². The summed E-state index contributed by atoms with van der Waals surface area (Å²) in [6, 6.07) is 2.23. The molecular formula is C30H43ClN4O8S. The Hall–Kier alpha value is -3.03. The molecule has 1 saturated heterocycles. The first-order valence-electron chi connectivity index (χ1n) is 14.9. The maximum absolute atomic E-state index is 13.6. The summed E-state index contributed by atoms with van der Waals surface area (Å²) >= 11 is 6.42. The van der Waals surface area contributed by atoms with E-state index in [-0.39, 0.29) is 42.2 Å². The van der Waals surface area contributed by atoms with Crippen LogP contribution in [0.1, 0.15) is 89.7 Å². The molecule has 2 aliphatic rings. The number of carbonyl (C=O) groups is 5. The first-order chi connectivity index (χ1) is 20.5. The van der Waals surface area contributed by atoms with Gasteiger partial charge in [0.1, 0.15) is 11.8 Å². The topological polar surface area (TPSA) is 188 Å². The summed E-state index contributed by atoms with van der Waals surface area (Å²) in [5.74, 6) is -4.44. The number of ketones is 1. The van der Waals surface area contributed by atoms with E-state index in [1.807, 2.05) is 27.7 Å². The number of benzene rings is 1. The zero-order valence-corrected chi connectivity index (χ0v) is 27.1. The molecule has 1 unspecified atom stereocenters. The molecule has 44 heavy (non-hydrogen) atoms. The summed E-state index contributed by atoms with van der Waals surface area (Å²) in [5.41, 5.74) is 0.509. The van der Waals surface area contributed by atoms with Gasteiger partial charge >= 0.3 is 0 Å². The Morgan fingerprint density at radius 3 is 2.30 bits per heavy atom. The van der Waals surface area contributed by atoms with Crippen LogP contribution in [0.25, 0.3) is 0 Å². The van der Waals surface area contributed by atoms with Crippen LogP contribution in [-0.4, -0.2) is 67.1 Å². The van der Waals surface area contributed by atoms with Gasteiger partial charge in [0.05, 0.1) is 6.04 Å². The fraction of sp³-hybridized carbons (Fsp3) is 0.633. The highest BCUT2D eigenvalue weighted by atomic mass is 35.5. The third-order valence-electron chi connectivity index (χ3n) is 7.70. The number of hydrogen-bond acceptors (Lipinski definition) is 7. The van der Waals surface area contributed by atoms with Gasteiger partial charge in [-0.1, -0.05) is 51.4 Å². The number of nitrogens with one attached hydrogen (secondary N) is 4. The average Bonchev–Trinajstić information content (AvgIpc) is 3.63. The molecule has 0 radical (unpaired) electrons. The summed E-state index contributed by atoms with van der Waals surface area (Å²) in [4.78, 5) is 64.9. The standard InChI is InChI=1S/C30H43ClN4O8S/c1-5-18(21-9-6-17(12-22(21)31)16-44(41,42)43)14-25(36)34-24(15-30(2,3)4)28(39)35-23(13-19-10-11-32-27(19)38)26(37)29(40)33-20-7-8-20/h6,9,12,18-20,23-24H,5,7-8,10-11,13-16H2,1-4H3,(H,32,38)(H,33,40)(H,34,36)(H,35,39)(H,41,42,43)/t18-,19+,23?,24+/m1/s1. The Morgan fingerprint density at radius 1 is 1.09 bits per heavy atom. The Kier molecular flexibility index (Phi) is 12.0. The van der Waals surface area contributed by atoms with Gasteiger partial charge in [-0.15, -0.1) is 0 Å². The SMILES string of the molecule is CC[C@H](CC(=O)N[C@@H](CC(C)(C)C)C(=O)NC(C[C@@H]1CCNC1=O)C(=O)C(=O)NC1CC1)c1ccc(CS(=O)(=O)O)cc1Cl. The van der Waals surface area contributed by atoms with Crippen LogP contribution >= 0.6 is 11.6 Å². The largest absolute Gasteiger partial charge is 0.356 e. The van der Waals surface area contributed by atoms with Crippen molar-refractivity contribution in [3.05, 3.63) is 34.3 Å². The molecule has 244 valence electrons. The van der Waals surface area contributed by atoms with Crippen molar-refractivity contribution in [2.45, 2.75) is 102 Å². The Bertz CT molecular complexity index is 1370. The number of hydrogen-bond donors (Lipinski definition) is 5. The van der Waals surface area contributed by atoms with Crippen molar-refractivity contribution in [1.82, 2.24) is 21.3 Å². The van der Waals surface area contributed by atoms with E-state index in [2.05, 4.69) is 21.3 Å². The lowest BCUT2D eigenvalue weighted by atomic mass is 9.87. The molecule has 0 bridgehead atoms. The molecular weight excluding hydrogens is 612 g/mol. The van der Waals surface area contributed by atoms with Crippen molar-refractivity contribution in [3.63, 3.8) is 0 Å². The maximum atomic E-state index is 13.6. The smallest absolute Gasteiger partial charge is 0.289 e. The van der Waals surface area contributed by atoms with Gasteiger partial charge in [0.2, 0.25) is 23.5 Å². The number of Topliss-reactive ketones (excluding diaryl/α,β-unsaturated/α-hetero) is 1. The number of amides is 4. The highest BCUT2D eigenvalue weighted by Crippen LogP contribution is 2.31. The van der Waals surface area contributed by atoms with Crippen LogP contribution in [0.4, 0.5) is 0 Å². The predicted molar refractivity (Wildman–Crippen MR) is 164 cm³/mol. The summed E-state index contributed by atoms with van der Waals surface area (Å²) in [5, 5.41) is 11.0. The molecule has 12 nitrogen and oxygen atoms in total.